The van der Waals surface area contributed by atoms with Crippen molar-refractivity contribution in [1.29, 1.82) is 0 Å². The van der Waals surface area contributed by atoms with Crippen molar-refractivity contribution in [3.8, 4) is 0 Å². The van der Waals surface area contributed by atoms with Gasteiger partial charge in [-0.3, -0.25) is 4.79 Å². The Morgan fingerprint density at radius 2 is 1.78 bits per heavy atom. The molecule has 98 valence electrons. The summed E-state index contributed by atoms with van der Waals surface area (Å²) in [5.74, 6) is -2.28. The molecule has 5 heteroatoms. The maximum absolute atomic E-state index is 13.7. The van der Waals surface area contributed by atoms with Gasteiger partial charge in [0.2, 0.25) is 0 Å². The molecule has 1 aromatic rings. The van der Waals surface area contributed by atoms with Crippen LogP contribution in [0.25, 0.3) is 0 Å². The largest absolute Gasteiger partial charge is 0.419 e. The molecule has 1 aliphatic carbocycles. The van der Waals surface area contributed by atoms with Crippen LogP contribution >= 0.6 is 0 Å². The first kappa shape index (κ1) is 13.1. The SMILES string of the molecule is O=C(c1cccc(C(F)(F)F)c1F)C1CCCC1. The molecule has 0 unspecified atom stereocenters. The zero-order chi connectivity index (χ0) is 13.3. The van der Waals surface area contributed by atoms with Crippen LogP contribution in [0.3, 0.4) is 0 Å². The fraction of sp³-hybridized carbons (Fsp3) is 0.462. The highest BCUT2D eigenvalue weighted by atomic mass is 19.4. The van der Waals surface area contributed by atoms with Gasteiger partial charge in [0.1, 0.15) is 5.82 Å². The van der Waals surface area contributed by atoms with E-state index in [1.165, 1.54) is 0 Å². The average molecular weight is 260 g/mol. The Hall–Kier alpha value is -1.39. The molecule has 1 aliphatic rings. The monoisotopic (exact) mass is 260 g/mol. The van der Waals surface area contributed by atoms with E-state index >= 15 is 0 Å². The Morgan fingerprint density at radius 3 is 2.33 bits per heavy atom. The molecule has 0 atom stereocenters. The molecule has 0 heterocycles. The zero-order valence-electron chi connectivity index (χ0n) is 9.56. The maximum Gasteiger partial charge on any atom is 0.419 e. The van der Waals surface area contributed by atoms with Crippen LogP contribution in [0.15, 0.2) is 18.2 Å². The van der Waals surface area contributed by atoms with Crippen LogP contribution in [-0.4, -0.2) is 5.78 Å². The van der Waals surface area contributed by atoms with Crippen molar-refractivity contribution in [2.24, 2.45) is 5.92 Å². The summed E-state index contributed by atoms with van der Waals surface area (Å²) in [4.78, 5) is 11.9. The van der Waals surface area contributed by atoms with Crippen molar-refractivity contribution in [2.75, 3.05) is 0 Å². The topological polar surface area (TPSA) is 17.1 Å². The van der Waals surface area contributed by atoms with Gasteiger partial charge >= 0.3 is 6.18 Å². The maximum atomic E-state index is 13.7. The smallest absolute Gasteiger partial charge is 0.294 e. The number of hydrogen-bond donors (Lipinski definition) is 0. The first-order valence-corrected chi connectivity index (χ1v) is 5.81. The molecule has 1 aromatic carbocycles. The molecule has 0 radical (unpaired) electrons. The number of rotatable bonds is 2. The van der Waals surface area contributed by atoms with Crippen molar-refractivity contribution in [3.05, 3.63) is 35.1 Å². The molecule has 1 saturated carbocycles. The number of carbonyl (C=O) groups is 1. The molecule has 0 N–H and O–H groups in total. The van der Waals surface area contributed by atoms with E-state index in [9.17, 15) is 22.4 Å². The standard InChI is InChI=1S/C13H12F4O/c14-11-9(12(18)8-4-1-2-5-8)6-3-7-10(11)13(15,16)17/h3,6-8H,1-2,4-5H2. The van der Waals surface area contributed by atoms with Gasteiger partial charge in [0.25, 0.3) is 0 Å². The quantitative estimate of drug-likeness (QED) is 0.574. The molecular formula is C13H12F4O. The summed E-state index contributed by atoms with van der Waals surface area (Å²) in [6, 6.07) is 2.86. The minimum Gasteiger partial charge on any atom is -0.294 e. The number of ketones is 1. The van der Waals surface area contributed by atoms with Crippen molar-refractivity contribution in [3.63, 3.8) is 0 Å². The third-order valence-electron chi connectivity index (χ3n) is 3.30. The van der Waals surface area contributed by atoms with Crippen LogP contribution in [0, 0.1) is 11.7 Å². The molecule has 0 aliphatic heterocycles. The van der Waals surface area contributed by atoms with Crippen LogP contribution in [0.1, 0.15) is 41.6 Å². The van der Waals surface area contributed by atoms with Crippen LogP contribution in [0.2, 0.25) is 0 Å². The van der Waals surface area contributed by atoms with Gasteiger partial charge in [-0.25, -0.2) is 4.39 Å². The van der Waals surface area contributed by atoms with Gasteiger partial charge in [0, 0.05) is 5.92 Å². The van der Waals surface area contributed by atoms with E-state index < -0.39 is 28.9 Å². The molecule has 1 nitrogen and oxygen atoms in total. The Labute approximate surface area is 102 Å². The van der Waals surface area contributed by atoms with Gasteiger partial charge in [-0.2, -0.15) is 13.2 Å². The zero-order valence-corrected chi connectivity index (χ0v) is 9.56. The highest BCUT2D eigenvalue weighted by Crippen LogP contribution is 2.34. The summed E-state index contributed by atoms with van der Waals surface area (Å²) in [6.07, 6.45) is -1.76. The lowest BCUT2D eigenvalue weighted by molar-refractivity contribution is -0.140. The molecule has 0 bridgehead atoms. The molecule has 0 aromatic heterocycles. The van der Waals surface area contributed by atoms with Crippen molar-refractivity contribution in [1.82, 2.24) is 0 Å². The number of halogens is 4. The van der Waals surface area contributed by atoms with Gasteiger partial charge in [-0.15, -0.1) is 0 Å². The number of hydrogen-bond acceptors (Lipinski definition) is 1. The third-order valence-corrected chi connectivity index (χ3v) is 3.30. The summed E-state index contributed by atoms with van der Waals surface area (Å²) in [5.41, 5.74) is -1.80. The lowest BCUT2D eigenvalue weighted by Gasteiger charge is -2.13. The summed E-state index contributed by atoms with van der Waals surface area (Å²) >= 11 is 0. The number of carbonyl (C=O) groups excluding carboxylic acids is 1. The number of benzene rings is 1. The Bertz CT molecular complexity index is 459. The third kappa shape index (κ3) is 2.40. The highest BCUT2D eigenvalue weighted by molar-refractivity contribution is 5.98. The molecule has 1 fully saturated rings. The Kier molecular flexibility index (Phi) is 3.41. The Balaban J connectivity index is 2.36. The van der Waals surface area contributed by atoms with Crippen LogP contribution < -0.4 is 0 Å². The van der Waals surface area contributed by atoms with Gasteiger partial charge in [-0.1, -0.05) is 18.9 Å². The van der Waals surface area contributed by atoms with Crippen LogP contribution in [0.5, 0.6) is 0 Å². The predicted molar refractivity (Wildman–Crippen MR) is 57.7 cm³/mol. The van der Waals surface area contributed by atoms with Crippen LogP contribution in [0.4, 0.5) is 17.6 Å². The van der Waals surface area contributed by atoms with E-state index in [-0.39, 0.29) is 5.92 Å². The van der Waals surface area contributed by atoms with Gasteiger partial charge < -0.3 is 0 Å². The van der Waals surface area contributed by atoms with Crippen molar-refractivity contribution < 1.29 is 22.4 Å². The molecule has 2 rings (SSSR count). The fourth-order valence-corrected chi connectivity index (χ4v) is 2.35. The van der Waals surface area contributed by atoms with Gasteiger partial charge in [-0.05, 0) is 25.0 Å². The predicted octanol–water partition coefficient (Wildman–Crippen LogP) is 4.22. The van der Waals surface area contributed by atoms with Gasteiger partial charge in [0.15, 0.2) is 5.78 Å². The number of alkyl halides is 3. The van der Waals surface area contributed by atoms with E-state index in [0.717, 1.165) is 25.0 Å². The molecule has 18 heavy (non-hydrogen) atoms. The average Bonchev–Trinajstić information content (AvgIpc) is 2.80. The summed E-state index contributed by atoms with van der Waals surface area (Å²) in [5, 5.41) is 0. The highest BCUT2D eigenvalue weighted by Gasteiger charge is 2.36. The second-order valence-electron chi connectivity index (χ2n) is 4.51. The first-order chi connectivity index (χ1) is 8.41. The second kappa shape index (κ2) is 4.71. The lowest BCUT2D eigenvalue weighted by Crippen LogP contribution is -2.16. The van der Waals surface area contributed by atoms with E-state index in [1.54, 1.807) is 0 Å². The van der Waals surface area contributed by atoms with Gasteiger partial charge in [0.05, 0.1) is 11.1 Å². The fourth-order valence-electron chi connectivity index (χ4n) is 2.35. The molecule has 0 amide bonds. The summed E-state index contributed by atoms with van der Waals surface area (Å²) in [7, 11) is 0. The second-order valence-corrected chi connectivity index (χ2v) is 4.51. The van der Waals surface area contributed by atoms with Crippen LogP contribution in [-0.2, 0) is 6.18 Å². The minimum atomic E-state index is -4.77. The number of Topliss-reactive ketones (excluding diaryl/α,β-unsaturated/α-hetero) is 1. The van der Waals surface area contributed by atoms with E-state index in [0.29, 0.717) is 18.9 Å². The van der Waals surface area contributed by atoms with E-state index in [4.69, 9.17) is 0 Å². The Morgan fingerprint density at radius 1 is 1.17 bits per heavy atom. The molecular weight excluding hydrogens is 248 g/mol. The van der Waals surface area contributed by atoms with E-state index in [1.807, 2.05) is 0 Å². The van der Waals surface area contributed by atoms with Crippen molar-refractivity contribution in [2.45, 2.75) is 31.9 Å². The molecule has 0 saturated heterocycles. The minimum absolute atomic E-state index is 0.331. The van der Waals surface area contributed by atoms with Crippen molar-refractivity contribution >= 4 is 5.78 Å². The molecule has 0 spiro atoms. The lowest BCUT2D eigenvalue weighted by atomic mass is 9.94. The van der Waals surface area contributed by atoms with E-state index in [2.05, 4.69) is 0 Å². The first-order valence-electron chi connectivity index (χ1n) is 5.81. The normalized spacial score (nSPS) is 17.1. The summed E-state index contributed by atoms with van der Waals surface area (Å²) < 4.78 is 51.3. The summed E-state index contributed by atoms with van der Waals surface area (Å²) in [6.45, 7) is 0.